The van der Waals surface area contributed by atoms with E-state index in [1.807, 2.05) is 36.4 Å². The molecule has 1 heterocycles. The molecule has 0 aliphatic carbocycles. The first-order valence-corrected chi connectivity index (χ1v) is 13.0. The predicted molar refractivity (Wildman–Crippen MR) is 137 cm³/mol. The summed E-state index contributed by atoms with van der Waals surface area (Å²) >= 11 is 7.02. The highest BCUT2D eigenvalue weighted by Gasteiger charge is 2.19. The van der Waals surface area contributed by atoms with E-state index in [4.69, 9.17) is 15.8 Å². The molecule has 0 atom stereocenters. The highest BCUT2D eigenvalue weighted by molar-refractivity contribution is 7.87. The third kappa shape index (κ3) is 6.34. The molecule has 0 spiro atoms. The van der Waals surface area contributed by atoms with Crippen molar-refractivity contribution < 1.29 is 17.4 Å². The Morgan fingerprint density at radius 2 is 1.72 bits per heavy atom. The van der Waals surface area contributed by atoms with Gasteiger partial charge in [0.15, 0.2) is 0 Å². The normalized spacial score (nSPS) is 11.5. The van der Waals surface area contributed by atoms with Gasteiger partial charge in [0.1, 0.15) is 27.3 Å². The van der Waals surface area contributed by atoms with Crippen molar-refractivity contribution in [3.8, 4) is 11.8 Å². The summed E-state index contributed by atoms with van der Waals surface area (Å²) < 4.78 is 30.7. The molecule has 1 N–H and O–H groups in total. The maximum Gasteiger partial charge on any atom is 0.339 e. The second-order valence-electron chi connectivity index (χ2n) is 7.32. The van der Waals surface area contributed by atoms with E-state index in [-0.39, 0.29) is 26.9 Å². The lowest BCUT2D eigenvalue weighted by molar-refractivity contribution is -0.112. The molecule has 3 aromatic carbocycles. The van der Waals surface area contributed by atoms with Crippen molar-refractivity contribution in [2.75, 3.05) is 5.32 Å². The second kappa shape index (κ2) is 11.1. The van der Waals surface area contributed by atoms with E-state index < -0.39 is 16.0 Å². The summed E-state index contributed by atoms with van der Waals surface area (Å²) in [6.45, 7) is 0. The third-order valence-corrected chi connectivity index (χ3v) is 7.11. The van der Waals surface area contributed by atoms with E-state index in [9.17, 15) is 18.5 Å². The number of amides is 1. The van der Waals surface area contributed by atoms with Crippen molar-refractivity contribution in [1.82, 2.24) is 10.2 Å². The summed E-state index contributed by atoms with van der Waals surface area (Å²) in [7, 11) is -4.17. The number of nitrogens with zero attached hydrogens (tertiary/aromatic N) is 3. The maximum atomic E-state index is 12.7. The van der Waals surface area contributed by atoms with Crippen LogP contribution in [0.4, 0.5) is 5.13 Å². The van der Waals surface area contributed by atoms with Crippen molar-refractivity contribution in [2.24, 2.45) is 0 Å². The Morgan fingerprint density at radius 3 is 2.44 bits per heavy atom. The van der Waals surface area contributed by atoms with Crippen molar-refractivity contribution >= 4 is 50.2 Å². The number of para-hydroxylation sites is 1. The fourth-order valence-electron chi connectivity index (χ4n) is 3.06. The first-order valence-electron chi connectivity index (χ1n) is 10.4. The average molecular weight is 537 g/mol. The third-order valence-electron chi connectivity index (χ3n) is 4.77. The van der Waals surface area contributed by atoms with E-state index in [0.717, 1.165) is 5.56 Å². The molecule has 8 nitrogen and oxygen atoms in total. The van der Waals surface area contributed by atoms with Gasteiger partial charge in [0.25, 0.3) is 5.91 Å². The zero-order valence-corrected chi connectivity index (χ0v) is 20.8. The van der Waals surface area contributed by atoms with E-state index in [0.29, 0.717) is 16.5 Å². The number of carbonyl (C=O) groups is 1. The summed E-state index contributed by atoms with van der Waals surface area (Å²) in [6.07, 6.45) is 1.80. The Bertz CT molecular complexity index is 1560. The molecule has 1 aromatic heterocycles. The van der Waals surface area contributed by atoms with Gasteiger partial charge >= 0.3 is 10.1 Å². The Balaban J connectivity index is 1.51. The SMILES string of the molecule is N#C/C(=C\c1ccccc1OS(=O)(=O)c1ccc(Cl)cc1)C(=O)Nc1nnc(Cc2ccccc2)s1. The minimum Gasteiger partial charge on any atom is -0.378 e. The van der Waals surface area contributed by atoms with Crippen molar-refractivity contribution in [2.45, 2.75) is 11.3 Å². The van der Waals surface area contributed by atoms with Gasteiger partial charge in [-0.2, -0.15) is 13.7 Å². The first-order chi connectivity index (χ1) is 17.3. The molecule has 0 fully saturated rings. The van der Waals surface area contributed by atoms with Gasteiger partial charge in [-0.05, 0) is 42.0 Å². The number of hydrogen-bond acceptors (Lipinski definition) is 8. The molecule has 1 amide bonds. The van der Waals surface area contributed by atoms with Crippen molar-refractivity contribution in [3.05, 3.63) is 106 Å². The molecule has 11 heteroatoms. The molecule has 36 heavy (non-hydrogen) atoms. The van der Waals surface area contributed by atoms with Crippen LogP contribution in [0.3, 0.4) is 0 Å². The first kappa shape index (κ1) is 25.1. The number of halogens is 1. The topological polar surface area (TPSA) is 122 Å². The fourth-order valence-corrected chi connectivity index (χ4v) is 4.91. The van der Waals surface area contributed by atoms with Crippen LogP contribution in [-0.4, -0.2) is 24.5 Å². The molecular weight excluding hydrogens is 520 g/mol. The van der Waals surface area contributed by atoms with Crippen molar-refractivity contribution in [1.29, 1.82) is 5.26 Å². The molecule has 0 aliphatic rings. The highest BCUT2D eigenvalue weighted by atomic mass is 35.5. The summed E-state index contributed by atoms with van der Waals surface area (Å²) in [5.74, 6) is -0.760. The lowest BCUT2D eigenvalue weighted by atomic mass is 10.1. The largest absolute Gasteiger partial charge is 0.378 e. The minimum absolute atomic E-state index is 0.0472. The number of nitriles is 1. The summed E-state index contributed by atoms with van der Waals surface area (Å²) in [5.41, 5.74) is 1.01. The predicted octanol–water partition coefficient (Wildman–Crippen LogP) is 5.10. The van der Waals surface area contributed by atoms with Gasteiger partial charge in [-0.3, -0.25) is 10.1 Å². The van der Waals surface area contributed by atoms with Gasteiger partial charge in [0.05, 0.1) is 0 Å². The molecule has 0 radical (unpaired) electrons. The Morgan fingerprint density at radius 1 is 1.03 bits per heavy atom. The highest BCUT2D eigenvalue weighted by Crippen LogP contribution is 2.26. The van der Waals surface area contributed by atoms with Crippen LogP contribution in [0.1, 0.15) is 16.1 Å². The molecule has 4 rings (SSSR count). The van der Waals surface area contributed by atoms with Crippen LogP contribution in [0, 0.1) is 11.3 Å². The molecule has 0 saturated heterocycles. The van der Waals surface area contributed by atoms with Gasteiger partial charge in [0, 0.05) is 17.0 Å². The van der Waals surface area contributed by atoms with Crippen molar-refractivity contribution in [3.63, 3.8) is 0 Å². The number of anilines is 1. The zero-order valence-electron chi connectivity index (χ0n) is 18.5. The van der Waals surface area contributed by atoms with Crippen LogP contribution < -0.4 is 9.50 Å². The number of benzene rings is 3. The number of aromatic nitrogens is 2. The van der Waals surface area contributed by atoms with Gasteiger partial charge < -0.3 is 4.18 Å². The summed E-state index contributed by atoms with van der Waals surface area (Å²) in [6, 6.07) is 23.2. The number of rotatable bonds is 8. The maximum absolute atomic E-state index is 12.7. The molecule has 0 aliphatic heterocycles. The van der Waals surface area contributed by atoms with E-state index in [2.05, 4.69) is 15.5 Å². The zero-order chi connectivity index (χ0) is 25.5. The fraction of sp³-hybridized carbons (Fsp3) is 0.0400. The summed E-state index contributed by atoms with van der Waals surface area (Å²) in [4.78, 5) is 12.6. The number of carbonyl (C=O) groups excluding carboxylic acids is 1. The number of hydrogen-bond donors (Lipinski definition) is 1. The molecule has 180 valence electrons. The lowest BCUT2D eigenvalue weighted by Crippen LogP contribution is -2.13. The Labute approximate surface area is 216 Å². The number of nitrogens with one attached hydrogen (secondary N) is 1. The summed E-state index contributed by atoms with van der Waals surface area (Å²) in [5, 5.41) is 21.5. The van der Waals surface area contributed by atoms with Crippen LogP contribution in [0.25, 0.3) is 6.08 Å². The van der Waals surface area contributed by atoms with Gasteiger partial charge in [-0.1, -0.05) is 71.5 Å². The standard InChI is InChI=1S/C25H17ClN4O4S2/c26-20-10-12-21(13-11-20)36(32,33)34-22-9-5-4-8-18(22)15-19(16-27)24(31)28-25-30-29-23(35-25)14-17-6-2-1-3-7-17/h1-13,15H,14H2,(H,28,30,31)/b19-15+. The average Bonchev–Trinajstić information content (AvgIpc) is 3.30. The molecule has 0 bridgehead atoms. The molecule has 0 saturated carbocycles. The van der Waals surface area contributed by atoms with Crippen LogP contribution in [0.5, 0.6) is 5.75 Å². The van der Waals surface area contributed by atoms with E-state index in [1.165, 1.54) is 53.8 Å². The van der Waals surface area contributed by atoms with Crippen LogP contribution in [-0.2, 0) is 21.3 Å². The van der Waals surface area contributed by atoms with Gasteiger partial charge in [-0.25, -0.2) is 0 Å². The van der Waals surface area contributed by atoms with E-state index in [1.54, 1.807) is 12.1 Å². The Kier molecular flexibility index (Phi) is 7.75. The minimum atomic E-state index is -4.17. The van der Waals surface area contributed by atoms with E-state index >= 15 is 0 Å². The van der Waals surface area contributed by atoms with Crippen LogP contribution >= 0.6 is 22.9 Å². The Hall–Kier alpha value is -4.04. The second-order valence-corrected chi connectivity index (χ2v) is 10.4. The molecular formula is C25H17ClN4O4S2. The van der Waals surface area contributed by atoms with Gasteiger partial charge in [0.2, 0.25) is 5.13 Å². The quantitative estimate of drug-likeness (QED) is 0.189. The monoisotopic (exact) mass is 536 g/mol. The molecule has 0 unspecified atom stereocenters. The lowest BCUT2D eigenvalue weighted by Gasteiger charge is -2.10. The van der Waals surface area contributed by atoms with Gasteiger partial charge in [-0.15, -0.1) is 10.2 Å². The van der Waals surface area contributed by atoms with Crippen LogP contribution in [0.15, 0.2) is 89.3 Å². The van der Waals surface area contributed by atoms with Crippen LogP contribution in [0.2, 0.25) is 5.02 Å². The molecule has 4 aromatic rings. The smallest absolute Gasteiger partial charge is 0.339 e.